The van der Waals surface area contributed by atoms with Crippen molar-refractivity contribution in [3.63, 3.8) is 0 Å². The topological polar surface area (TPSA) is 29.5 Å². The van der Waals surface area contributed by atoms with E-state index in [4.69, 9.17) is 4.74 Å². The number of aliphatic hydroxyl groups excluding tert-OH is 1. The lowest BCUT2D eigenvalue weighted by atomic mass is 9.75. The molecule has 0 radical (unpaired) electrons. The minimum absolute atomic E-state index is 0.0464. The Kier molecular flexibility index (Phi) is 3.14. The zero-order valence-corrected chi connectivity index (χ0v) is 10.1. The molecular formula is C12H18O2S. The maximum atomic E-state index is 10.1. The fraction of sp³-hybridized carbons (Fsp3) is 0.667. The van der Waals surface area contributed by atoms with Gasteiger partial charge in [0.1, 0.15) is 0 Å². The van der Waals surface area contributed by atoms with Crippen LogP contribution in [-0.2, 0) is 4.74 Å². The standard InChI is InChI=1S/C12H18O2S/c1-9-6-10(8-15-9)11(13)7-12(14-2)4-3-5-12/h6,8,11,13H,3-5,7H2,1-2H3. The van der Waals surface area contributed by atoms with E-state index in [1.54, 1.807) is 18.4 Å². The molecule has 1 atom stereocenters. The lowest BCUT2D eigenvalue weighted by molar-refractivity contribution is -0.0998. The van der Waals surface area contributed by atoms with Crippen molar-refractivity contribution in [3.8, 4) is 0 Å². The molecule has 1 aliphatic carbocycles. The van der Waals surface area contributed by atoms with Crippen molar-refractivity contribution in [2.45, 2.75) is 44.3 Å². The van der Waals surface area contributed by atoms with Crippen molar-refractivity contribution in [2.24, 2.45) is 0 Å². The Balaban J connectivity index is 1.99. The van der Waals surface area contributed by atoms with Gasteiger partial charge in [-0.15, -0.1) is 11.3 Å². The summed E-state index contributed by atoms with van der Waals surface area (Å²) in [5.74, 6) is 0. The maximum Gasteiger partial charge on any atom is 0.0825 e. The Bertz CT molecular complexity index is 323. The van der Waals surface area contributed by atoms with Gasteiger partial charge in [-0.25, -0.2) is 0 Å². The first-order valence-corrected chi connectivity index (χ1v) is 6.31. The maximum absolute atomic E-state index is 10.1. The molecule has 2 nitrogen and oxygen atoms in total. The largest absolute Gasteiger partial charge is 0.388 e. The van der Waals surface area contributed by atoms with Crippen molar-refractivity contribution >= 4 is 11.3 Å². The van der Waals surface area contributed by atoms with Gasteiger partial charge in [-0.05, 0) is 43.2 Å². The highest BCUT2D eigenvalue weighted by Crippen LogP contribution is 2.42. The van der Waals surface area contributed by atoms with Gasteiger partial charge in [-0.2, -0.15) is 0 Å². The van der Waals surface area contributed by atoms with Crippen LogP contribution in [0.1, 0.15) is 42.2 Å². The van der Waals surface area contributed by atoms with Gasteiger partial charge in [0.05, 0.1) is 11.7 Å². The molecule has 1 saturated carbocycles. The number of hydrogen-bond donors (Lipinski definition) is 1. The smallest absolute Gasteiger partial charge is 0.0825 e. The van der Waals surface area contributed by atoms with E-state index in [-0.39, 0.29) is 11.7 Å². The minimum atomic E-state index is -0.366. The molecule has 2 rings (SSSR count). The fourth-order valence-corrected chi connectivity index (χ4v) is 2.92. The summed E-state index contributed by atoms with van der Waals surface area (Å²) in [4.78, 5) is 1.25. The number of methoxy groups -OCH3 is 1. The van der Waals surface area contributed by atoms with Gasteiger partial charge in [0, 0.05) is 18.4 Å². The second-order valence-corrected chi connectivity index (χ2v) is 5.57. The van der Waals surface area contributed by atoms with Crippen LogP contribution >= 0.6 is 11.3 Å². The van der Waals surface area contributed by atoms with Crippen molar-refractivity contribution in [3.05, 3.63) is 21.9 Å². The summed E-state index contributed by atoms with van der Waals surface area (Å²) < 4.78 is 5.52. The molecule has 0 saturated heterocycles. The minimum Gasteiger partial charge on any atom is -0.388 e. The summed E-state index contributed by atoms with van der Waals surface area (Å²) in [7, 11) is 1.75. The Labute approximate surface area is 94.9 Å². The number of aliphatic hydroxyl groups is 1. The van der Waals surface area contributed by atoms with Crippen LogP contribution in [0.4, 0.5) is 0 Å². The third kappa shape index (κ3) is 2.25. The van der Waals surface area contributed by atoms with E-state index in [0.717, 1.165) is 24.8 Å². The molecule has 0 aromatic carbocycles. The van der Waals surface area contributed by atoms with Gasteiger partial charge < -0.3 is 9.84 Å². The second kappa shape index (κ2) is 4.24. The molecule has 3 heteroatoms. The molecule has 1 fully saturated rings. The molecule has 0 spiro atoms. The number of thiophene rings is 1. The Morgan fingerprint density at radius 1 is 1.60 bits per heavy atom. The van der Waals surface area contributed by atoms with Gasteiger partial charge in [-0.1, -0.05) is 0 Å². The molecule has 1 aromatic heterocycles. The average molecular weight is 226 g/mol. The van der Waals surface area contributed by atoms with Crippen molar-refractivity contribution in [2.75, 3.05) is 7.11 Å². The molecule has 84 valence electrons. The van der Waals surface area contributed by atoms with Crippen molar-refractivity contribution < 1.29 is 9.84 Å². The van der Waals surface area contributed by atoms with Gasteiger partial charge in [0.2, 0.25) is 0 Å². The molecule has 1 heterocycles. The Hall–Kier alpha value is -0.380. The van der Waals surface area contributed by atoms with E-state index in [2.05, 4.69) is 13.0 Å². The van der Waals surface area contributed by atoms with Gasteiger partial charge in [-0.3, -0.25) is 0 Å². The molecule has 0 bridgehead atoms. The Morgan fingerprint density at radius 3 is 2.73 bits per heavy atom. The van der Waals surface area contributed by atoms with E-state index in [0.29, 0.717) is 0 Å². The van der Waals surface area contributed by atoms with Crippen molar-refractivity contribution in [1.82, 2.24) is 0 Å². The highest BCUT2D eigenvalue weighted by molar-refractivity contribution is 7.10. The van der Waals surface area contributed by atoms with Crippen LogP contribution in [0.25, 0.3) is 0 Å². The number of hydrogen-bond acceptors (Lipinski definition) is 3. The Morgan fingerprint density at radius 2 is 2.33 bits per heavy atom. The molecule has 0 aliphatic heterocycles. The lowest BCUT2D eigenvalue weighted by Gasteiger charge is -2.41. The van der Waals surface area contributed by atoms with Crippen LogP contribution in [0.3, 0.4) is 0 Å². The molecule has 1 aliphatic rings. The quantitative estimate of drug-likeness (QED) is 0.855. The summed E-state index contributed by atoms with van der Waals surface area (Å²) in [6, 6.07) is 2.07. The monoisotopic (exact) mass is 226 g/mol. The van der Waals surface area contributed by atoms with Crippen LogP contribution in [0.5, 0.6) is 0 Å². The average Bonchev–Trinajstić information content (AvgIpc) is 2.58. The molecular weight excluding hydrogens is 208 g/mol. The molecule has 1 N–H and O–H groups in total. The highest BCUT2D eigenvalue weighted by Gasteiger charge is 2.39. The molecule has 1 unspecified atom stereocenters. The zero-order valence-electron chi connectivity index (χ0n) is 9.32. The van der Waals surface area contributed by atoms with Gasteiger partial charge >= 0.3 is 0 Å². The molecule has 15 heavy (non-hydrogen) atoms. The predicted octanol–water partition coefficient (Wildman–Crippen LogP) is 3.05. The van der Waals surface area contributed by atoms with E-state index in [1.165, 1.54) is 11.3 Å². The van der Waals surface area contributed by atoms with Crippen LogP contribution < -0.4 is 0 Å². The predicted molar refractivity (Wildman–Crippen MR) is 62.2 cm³/mol. The van der Waals surface area contributed by atoms with E-state index in [9.17, 15) is 5.11 Å². The third-order valence-corrected chi connectivity index (χ3v) is 4.28. The van der Waals surface area contributed by atoms with E-state index >= 15 is 0 Å². The van der Waals surface area contributed by atoms with E-state index < -0.39 is 0 Å². The second-order valence-electron chi connectivity index (χ2n) is 4.45. The van der Waals surface area contributed by atoms with Crippen LogP contribution in [0.2, 0.25) is 0 Å². The highest BCUT2D eigenvalue weighted by atomic mass is 32.1. The van der Waals surface area contributed by atoms with Crippen LogP contribution in [0.15, 0.2) is 11.4 Å². The first-order valence-electron chi connectivity index (χ1n) is 5.43. The third-order valence-electron chi connectivity index (χ3n) is 3.40. The fourth-order valence-electron chi connectivity index (χ4n) is 2.17. The zero-order chi connectivity index (χ0) is 10.9. The van der Waals surface area contributed by atoms with Crippen LogP contribution in [0, 0.1) is 6.92 Å². The summed E-state index contributed by atoms with van der Waals surface area (Å²) in [5, 5.41) is 12.1. The SMILES string of the molecule is COC1(CC(O)c2csc(C)c2)CCC1. The van der Waals surface area contributed by atoms with Crippen LogP contribution in [-0.4, -0.2) is 17.8 Å². The van der Waals surface area contributed by atoms with Gasteiger partial charge in [0.25, 0.3) is 0 Å². The number of rotatable bonds is 4. The first-order chi connectivity index (χ1) is 7.15. The van der Waals surface area contributed by atoms with Gasteiger partial charge in [0.15, 0.2) is 0 Å². The lowest BCUT2D eigenvalue weighted by Crippen LogP contribution is -2.40. The first kappa shape index (κ1) is 11.1. The number of aryl methyl sites for hydroxylation is 1. The van der Waals surface area contributed by atoms with Crippen molar-refractivity contribution in [1.29, 1.82) is 0 Å². The summed E-state index contributed by atoms with van der Waals surface area (Å²) in [6.45, 7) is 2.07. The van der Waals surface area contributed by atoms with E-state index in [1.807, 2.05) is 5.38 Å². The molecule has 0 amide bonds. The summed E-state index contributed by atoms with van der Waals surface area (Å²) in [5.41, 5.74) is 0.996. The normalized spacial score (nSPS) is 21.0. The molecule has 1 aromatic rings. The summed E-state index contributed by atoms with van der Waals surface area (Å²) in [6.07, 6.45) is 3.77. The summed E-state index contributed by atoms with van der Waals surface area (Å²) >= 11 is 1.69. The number of ether oxygens (including phenoxy) is 1.